The minimum Gasteiger partial charge on any atom is -0.477 e. The third-order valence-electron chi connectivity index (χ3n) is 5.85. The Balaban J connectivity index is 1.42. The molecule has 1 N–H and O–H groups in total. The van der Waals surface area contributed by atoms with Gasteiger partial charge in [-0.25, -0.2) is 14.4 Å². The Bertz CT molecular complexity index is 914. The van der Waals surface area contributed by atoms with Gasteiger partial charge in [0.25, 0.3) is 0 Å². The number of aromatic carboxylic acids is 1. The Hall–Kier alpha value is -2.45. The zero-order chi connectivity index (χ0) is 20.8. The first-order valence-corrected chi connectivity index (χ1v) is 10.4. The number of hydrogen-bond donors (Lipinski definition) is 1. The molecule has 0 radical (unpaired) electrons. The van der Waals surface area contributed by atoms with E-state index in [9.17, 15) is 14.4 Å². The SMILES string of the molecule is C=C1C(=O)O[C@H]2[C@H]1CC/C(COC(=O)c1ccc(C(=O)O)s1)=C\CC[C@@]1(C)O[C@@H]21. The lowest BCUT2D eigenvalue weighted by atomic mass is 9.84. The van der Waals surface area contributed by atoms with E-state index in [2.05, 4.69) is 12.7 Å². The van der Waals surface area contributed by atoms with E-state index in [1.54, 1.807) is 0 Å². The van der Waals surface area contributed by atoms with Crippen LogP contribution in [-0.4, -0.2) is 47.4 Å². The largest absolute Gasteiger partial charge is 0.477 e. The first-order valence-electron chi connectivity index (χ1n) is 9.54. The van der Waals surface area contributed by atoms with Crippen molar-refractivity contribution in [3.05, 3.63) is 45.7 Å². The van der Waals surface area contributed by atoms with Crippen LogP contribution in [0.25, 0.3) is 0 Å². The lowest BCUT2D eigenvalue weighted by Crippen LogP contribution is -2.29. The second-order valence-corrected chi connectivity index (χ2v) is 8.92. The highest BCUT2D eigenvalue weighted by molar-refractivity contribution is 7.15. The summed E-state index contributed by atoms with van der Waals surface area (Å²) in [4.78, 5) is 35.6. The Morgan fingerprint density at radius 1 is 1.38 bits per heavy atom. The van der Waals surface area contributed by atoms with Crippen molar-refractivity contribution in [2.24, 2.45) is 5.92 Å². The van der Waals surface area contributed by atoms with Crippen LogP contribution in [0.5, 0.6) is 0 Å². The number of fused-ring (bicyclic) bond motifs is 3. The van der Waals surface area contributed by atoms with Gasteiger partial charge in [0, 0.05) is 11.5 Å². The molecular weight excluding hydrogens is 396 g/mol. The average molecular weight is 418 g/mol. The molecule has 1 aromatic heterocycles. The summed E-state index contributed by atoms with van der Waals surface area (Å²) in [6.07, 6.45) is 4.54. The molecule has 8 heteroatoms. The quantitative estimate of drug-likeness (QED) is 0.346. The molecule has 3 aliphatic rings. The molecule has 0 bridgehead atoms. The molecule has 0 spiro atoms. The van der Waals surface area contributed by atoms with E-state index in [-0.39, 0.29) is 46.1 Å². The maximum atomic E-state index is 12.3. The molecule has 29 heavy (non-hydrogen) atoms. The molecule has 3 heterocycles. The fourth-order valence-corrected chi connectivity index (χ4v) is 4.78. The molecular formula is C21H22O7S. The van der Waals surface area contributed by atoms with Gasteiger partial charge in [-0.3, -0.25) is 0 Å². The number of carboxylic acids is 1. The lowest BCUT2D eigenvalue weighted by Gasteiger charge is -2.20. The van der Waals surface area contributed by atoms with Crippen molar-refractivity contribution in [3.8, 4) is 0 Å². The van der Waals surface area contributed by atoms with Gasteiger partial charge in [0.2, 0.25) is 0 Å². The topological polar surface area (TPSA) is 102 Å². The molecule has 1 aliphatic carbocycles. The fraction of sp³-hybridized carbons (Fsp3) is 0.476. The number of esters is 2. The molecule has 4 rings (SSSR count). The molecule has 2 saturated heterocycles. The molecule has 0 unspecified atom stereocenters. The van der Waals surface area contributed by atoms with E-state index >= 15 is 0 Å². The van der Waals surface area contributed by atoms with Gasteiger partial charge in [0.1, 0.15) is 28.6 Å². The van der Waals surface area contributed by atoms with Crippen molar-refractivity contribution in [2.75, 3.05) is 6.61 Å². The third-order valence-corrected chi connectivity index (χ3v) is 6.90. The van der Waals surface area contributed by atoms with Crippen LogP contribution >= 0.6 is 11.3 Å². The first-order chi connectivity index (χ1) is 13.8. The van der Waals surface area contributed by atoms with E-state index < -0.39 is 11.9 Å². The summed E-state index contributed by atoms with van der Waals surface area (Å²) in [7, 11) is 0. The summed E-state index contributed by atoms with van der Waals surface area (Å²) >= 11 is 0.892. The van der Waals surface area contributed by atoms with E-state index in [1.807, 2.05) is 6.92 Å². The number of ether oxygens (including phenoxy) is 3. The molecule has 1 aromatic rings. The summed E-state index contributed by atoms with van der Waals surface area (Å²) in [6, 6.07) is 2.85. The first kappa shape index (κ1) is 19.8. The monoisotopic (exact) mass is 418 g/mol. The van der Waals surface area contributed by atoms with Crippen molar-refractivity contribution in [3.63, 3.8) is 0 Å². The Morgan fingerprint density at radius 2 is 2.14 bits per heavy atom. The Kier molecular flexibility index (Phi) is 5.08. The van der Waals surface area contributed by atoms with Crippen LogP contribution in [-0.2, 0) is 19.0 Å². The maximum Gasteiger partial charge on any atom is 0.348 e. The van der Waals surface area contributed by atoms with E-state index in [0.29, 0.717) is 18.4 Å². The highest BCUT2D eigenvalue weighted by atomic mass is 32.1. The number of allylic oxidation sites excluding steroid dienone is 1. The predicted octanol–water partition coefficient (Wildman–Crippen LogP) is 3.36. The maximum absolute atomic E-state index is 12.3. The van der Waals surface area contributed by atoms with Gasteiger partial charge < -0.3 is 19.3 Å². The Labute approximate surface area is 171 Å². The van der Waals surface area contributed by atoms with Crippen LogP contribution in [0.3, 0.4) is 0 Å². The van der Waals surface area contributed by atoms with E-state index in [1.165, 1.54) is 12.1 Å². The third kappa shape index (κ3) is 3.86. The number of carboxylic acid groups (broad SMARTS) is 1. The minimum atomic E-state index is -1.07. The molecule has 7 nitrogen and oxygen atoms in total. The van der Waals surface area contributed by atoms with Gasteiger partial charge in [0.05, 0.1) is 5.60 Å². The van der Waals surface area contributed by atoms with Crippen LogP contribution in [0.1, 0.15) is 52.0 Å². The van der Waals surface area contributed by atoms with Gasteiger partial charge >= 0.3 is 17.9 Å². The van der Waals surface area contributed by atoms with Gasteiger partial charge in [-0.2, -0.15) is 0 Å². The van der Waals surface area contributed by atoms with Crippen molar-refractivity contribution < 1.29 is 33.7 Å². The number of hydrogen-bond acceptors (Lipinski definition) is 7. The van der Waals surface area contributed by atoms with Crippen LogP contribution in [0.15, 0.2) is 35.9 Å². The van der Waals surface area contributed by atoms with Gasteiger partial charge in [-0.15, -0.1) is 11.3 Å². The van der Waals surface area contributed by atoms with E-state index in [4.69, 9.17) is 19.3 Å². The van der Waals surface area contributed by atoms with Gasteiger partial charge in [-0.05, 0) is 50.3 Å². The van der Waals surface area contributed by atoms with Crippen molar-refractivity contribution in [1.29, 1.82) is 0 Å². The number of rotatable bonds is 4. The number of epoxide rings is 1. The predicted molar refractivity (Wildman–Crippen MR) is 104 cm³/mol. The second kappa shape index (κ2) is 7.42. The van der Waals surface area contributed by atoms with Crippen LogP contribution in [0.4, 0.5) is 0 Å². The van der Waals surface area contributed by atoms with Crippen molar-refractivity contribution >= 4 is 29.2 Å². The molecule has 0 amide bonds. The highest BCUT2D eigenvalue weighted by Crippen LogP contribution is 2.49. The zero-order valence-corrected chi connectivity index (χ0v) is 16.8. The smallest absolute Gasteiger partial charge is 0.348 e. The molecule has 2 fully saturated rings. The average Bonchev–Trinajstić information content (AvgIpc) is 3.02. The van der Waals surface area contributed by atoms with Crippen molar-refractivity contribution in [2.45, 2.75) is 50.4 Å². The second-order valence-electron chi connectivity index (χ2n) is 7.84. The van der Waals surface area contributed by atoms with Gasteiger partial charge in [0.15, 0.2) is 0 Å². The summed E-state index contributed by atoms with van der Waals surface area (Å²) in [5, 5.41) is 8.98. The number of thiophene rings is 1. The molecule has 154 valence electrons. The van der Waals surface area contributed by atoms with Crippen molar-refractivity contribution in [1.82, 2.24) is 0 Å². The summed E-state index contributed by atoms with van der Waals surface area (Å²) in [6.45, 7) is 6.04. The molecule has 0 aromatic carbocycles. The standard InChI is InChI=1S/C21H22O7S/c1-11-13-6-5-12(10-26-20(25)15-8-7-14(29-15)18(22)23)4-3-9-21(2)17(28-21)16(13)27-19(11)24/h4,7-8,13,16-17H,1,3,5-6,9-10H2,2H3,(H,22,23)/b12-4+/t13-,16-,17-,21+/m0/s1. The summed E-state index contributed by atoms with van der Waals surface area (Å²) in [5.74, 6) is -2.08. The van der Waals surface area contributed by atoms with E-state index in [0.717, 1.165) is 29.8 Å². The summed E-state index contributed by atoms with van der Waals surface area (Å²) < 4.78 is 16.8. The Morgan fingerprint density at radius 3 is 2.86 bits per heavy atom. The fourth-order valence-electron chi connectivity index (χ4n) is 4.04. The van der Waals surface area contributed by atoms with Crippen LogP contribution < -0.4 is 0 Å². The molecule has 2 aliphatic heterocycles. The molecule has 4 atom stereocenters. The van der Waals surface area contributed by atoms with Crippen LogP contribution in [0, 0.1) is 5.92 Å². The summed E-state index contributed by atoms with van der Waals surface area (Å²) in [5.41, 5.74) is 1.12. The minimum absolute atomic E-state index is 0.0919. The van der Waals surface area contributed by atoms with Crippen LogP contribution in [0.2, 0.25) is 0 Å². The number of carbonyl (C=O) groups excluding carboxylic acids is 2. The van der Waals surface area contributed by atoms with Gasteiger partial charge in [-0.1, -0.05) is 12.7 Å². The highest BCUT2D eigenvalue weighted by Gasteiger charge is 2.61. The lowest BCUT2D eigenvalue weighted by molar-refractivity contribution is -0.140. The molecule has 0 saturated carbocycles. The normalized spacial score (nSPS) is 33.0. The zero-order valence-electron chi connectivity index (χ0n) is 16.0. The number of carbonyl (C=O) groups is 3.